The Labute approximate surface area is 130 Å². The molecule has 1 unspecified atom stereocenters. The summed E-state index contributed by atoms with van der Waals surface area (Å²) in [6, 6.07) is 14.0. The topological polar surface area (TPSA) is 30.5 Å². The highest BCUT2D eigenvalue weighted by atomic mass is 35.5. The largest absolute Gasteiger partial charge is 0.497 e. The highest BCUT2D eigenvalue weighted by Crippen LogP contribution is 2.28. The summed E-state index contributed by atoms with van der Waals surface area (Å²) in [4.78, 5) is 0. The lowest BCUT2D eigenvalue weighted by Crippen LogP contribution is -2.19. The molecule has 0 saturated carbocycles. The first-order chi connectivity index (χ1) is 10.2. The first kappa shape index (κ1) is 15.7. The van der Waals surface area contributed by atoms with Crippen molar-refractivity contribution in [3.63, 3.8) is 0 Å². The van der Waals surface area contributed by atoms with E-state index in [1.165, 1.54) is 5.56 Å². The van der Waals surface area contributed by atoms with E-state index in [4.69, 9.17) is 21.1 Å². The van der Waals surface area contributed by atoms with Gasteiger partial charge in [0, 0.05) is 17.1 Å². The van der Waals surface area contributed by atoms with Crippen LogP contribution in [-0.4, -0.2) is 21.3 Å². The lowest BCUT2D eigenvalue weighted by molar-refractivity contribution is 0.392. The molecule has 0 aliphatic carbocycles. The average molecular weight is 306 g/mol. The van der Waals surface area contributed by atoms with Gasteiger partial charge in [0.15, 0.2) is 0 Å². The van der Waals surface area contributed by atoms with Gasteiger partial charge in [0.2, 0.25) is 0 Å². The molecule has 0 amide bonds. The zero-order valence-electron chi connectivity index (χ0n) is 12.5. The van der Waals surface area contributed by atoms with Crippen LogP contribution in [0.15, 0.2) is 42.5 Å². The minimum Gasteiger partial charge on any atom is -0.497 e. The molecule has 2 rings (SSSR count). The number of hydrogen-bond acceptors (Lipinski definition) is 3. The van der Waals surface area contributed by atoms with E-state index in [-0.39, 0.29) is 6.04 Å². The van der Waals surface area contributed by atoms with Crippen molar-refractivity contribution < 1.29 is 9.47 Å². The first-order valence-corrected chi connectivity index (χ1v) is 7.18. The minimum absolute atomic E-state index is 0.160. The van der Waals surface area contributed by atoms with E-state index in [1.54, 1.807) is 14.2 Å². The molecule has 21 heavy (non-hydrogen) atoms. The average Bonchev–Trinajstić information content (AvgIpc) is 2.52. The molecule has 0 heterocycles. The van der Waals surface area contributed by atoms with Crippen LogP contribution >= 0.6 is 11.6 Å². The van der Waals surface area contributed by atoms with Gasteiger partial charge in [0.25, 0.3) is 0 Å². The second-order valence-corrected chi connectivity index (χ2v) is 5.26. The maximum Gasteiger partial charge on any atom is 0.122 e. The lowest BCUT2D eigenvalue weighted by Gasteiger charge is -2.19. The molecule has 0 radical (unpaired) electrons. The zero-order chi connectivity index (χ0) is 15.2. The number of rotatable bonds is 6. The van der Waals surface area contributed by atoms with Crippen molar-refractivity contribution in [1.82, 2.24) is 5.32 Å². The van der Waals surface area contributed by atoms with Gasteiger partial charge in [-0.05, 0) is 48.9 Å². The fourth-order valence-electron chi connectivity index (χ4n) is 2.32. The molecule has 0 aliphatic rings. The summed E-state index contributed by atoms with van der Waals surface area (Å²) in [6.45, 7) is 0. The molecule has 1 N–H and O–H groups in total. The Kier molecular flexibility index (Phi) is 5.48. The minimum atomic E-state index is 0.160. The van der Waals surface area contributed by atoms with E-state index in [9.17, 15) is 0 Å². The Morgan fingerprint density at radius 3 is 2.24 bits per heavy atom. The number of halogens is 1. The van der Waals surface area contributed by atoms with Crippen LogP contribution in [0.5, 0.6) is 11.5 Å². The van der Waals surface area contributed by atoms with Crippen LogP contribution in [0.1, 0.15) is 17.2 Å². The first-order valence-electron chi connectivity index (χ1n) is 6.81. The fraction of sp³-hybridized carbons (Fsp3) is 0.294. The highest BCUT2D eigenvalue weighted by molar-refractivity contribution is 6.30. The van der Waals surface area contributed by atoms with Gasteiger partial charge in [-0.2, -0.15) is 0 Å². The van der Waals surface area contributed by atoms with Crippen LogP contribution in [0.4, 0.5) is 0 Å². The van der Waals surface area contributed by atoms with Gasteiger partial charge in [-0.3, -0.25) is 0 Å². The molecule has 0 saturated heterocycles. The molecule has 1 atom stereocenters. The summed E-state index contributed by atoms with van der Waals surface area (Å²) in [6.07, 6.45) is 0.841. The van der Waals surface area contributed by atoms with Crippen molar-refractivity contribution in [1.29, 1.82) is 0 Å². The van der Waals surface area contributed by atoms with E-state index in [0.29, 0.717) is 0 Å². The van der Waals surface area contributed by atoms with Gasteiger partial charge in [-0.1, -0.05) is 23.7 Å². The number of ether oxygens (including phenoxy) is 2. The Morgan fingerprint density at radius 2 is 1.71 bits per heavy atom. The molecule has 2 aromatic rings. The van der Waals surface area contributed by atoms with Gasteiger partial charge in [0.1, 0.15) is 11.5 Å². The van der Waals surface area contributed by atoms with Crippen LogP contribution < -0.4 is 14.8 Å². The van der Waals surface area contributed by atoms with E-state index >= 15 is 0 Å². The van der Waals surface area contributed by atoms with E-state index in [1.807, 2.05) is 43.4 Å². The lowest BCUT2D eigenvalue weighted by atomic mass is 9.98. The fourth-order valence-corrected chi connectivity index (χ4v) is 2.53. The second-order valence-electron chi connectivity index (χ2n) is 4.82. The summed E-state index contributed by atoms with van der Waals surface area (Å²) in [7, 11) is 5.26. The number of nitrogens with one attached hydrogen (secondary N) is 1. The van der Waals surface area contributed by atoms with E-state index in [2.05, 4.69) is 11.4 Å². The molecule has 0 bridgehead atoms. The molecular formula is C17H20ClNO2. The molecule has 4 heteroatoms. The molecule has 0 aliphatic heterocycles. The Balaban J connectivity index is 2.28. The predicted molar refractivity (Wildman–Crippen MR) is 86.5 cm³/mol. The van der Waals surface area contributed by atoms with Crippen molar-refractivity contribution in [3.8, 4) is 11.5 Å². The molecule has 0 fully saturated rings. The summed E-state index contributed by atoms with van der Waals surface area (Å²) in [5.74, 6) is 1.58. The van der Waals surface area contributed by atoms with Gasteiger partial charge in [0.05, 0.1) is 14.2 Å². The van der Waals surface area contributed by atoms with Gasteiger partial charge in [-0.25, -0.2) is 0 Å². The Hall–Kier alpha value is -1.71. The third-order valence-electron chi connectivity index (χ3n) is 3.45. The summed E-state index contributed by atoms with van der Waals surface area (Å²) in [5, 5.41) is 4.09. The third kappa shape index (κ3) is 4.13. The van der Waals surface area contributed by atoms with Crippen LogP contribution in [-0.2, 0) is 6.42 Å². The molecule has 0 spiro atoms. The number of benzene rings is 2. The van der Waals surface area contributed by atoms with Crippen molar-refractivity contribution >= 4 is 11.6 Å². The van der Waals surface area contributed by atoms with Gasteiger partial charge in [-0.15, -0.1) is 0 Å². The van der Waals surface area contributed by atoms with Crippen LogP contribution in [0.25, 0.3) is 0 Å². The normalized spacial score (nSPS) is 12.0. The molecule has 3 nitrogen and oxygen atoms in total. The van der Waals surface area contributed by atoms with E-state index in [0.717, 1.165) is 28.5 Å². The van der Waals surface area contributed by atoms with Crippen molar-refractivity contribution in [2.24, 2.45) is 0 Å². The second kappa shape index (κ2) is 7.34. The predicted octanol–water partition coefficient (Wildman–Crippen LogP) is 3.86. The molecule has 2 aromatic carbocycles. The third-order valence-corrected chi connectivity index (χ3v) is 3.69. The zero-order valence-corrected chi connectivity index (χ0v) is 13.3. The standard InChI is InChI=1S/C17H20ClNO2/c1-19-17(8-12-5-4-6-14(18)7-12)13-9-15(20-2)11-16(10-13)21-3/h4-7,9-11,17,19H,8H2,1-3H3. The number of likely N-dealkylation sites (N-methyl/N-ethyl adjacent to an activating group) is 1. The smallest absolute Gasteiger partial charge is 0.122 e. The van der Waals surface area contributed by atoms with Crippen molar-refractivity contribution in [2.75, 3.05) is 21.3 Å². The van der Waals surface area contributed by atoms with E-state index < -0.39 is 0 Å². The molecule has 112 valence electrons. The monoisotopic (exact) mass is 305 g/mol. The van der Waals surface area contributed by atoms with Crippen molar-refractivity contribution in [2.45, 2.75) is 12.5 Å². The van der Waals surface area contributed by atoms with Crippen molar-refractivity contribution in [3.05, 3.63) is 58.6 Å². The maximum atomic E-state index is 6.05. The quantitative estimate of drug-likeness (QED) is 0.879. The van der Waals surface area contributed by atoms with Crippen LogP contribution in [0.3, 0.4) is 0 Å². The summed E-state index contributed by atoms with van der Waals surface area (Å²) >= 11 is 6.05. The summed E-state index contributed by atoms with van der Waals surface area (Å²) < 4.78 is 10.7. The summed E-state index contributed by atoms with van der Waals surface area (Å²) in [5.41, 5.74) is 2.30. The highest BCUT2D eigenvalue weighted by Gasteiger charge is 2.13. The number of hydrogen-bond donors (Lipinski definition) is 1. The number of methoxy groups -OCH3 is 2. The molecular weight excluding hydrogens is 286 g/mol. The van der Waals surface area contributed by atoms with Gasteiger partial charge < -0.3 is 14.8 Å². The molecule has 0 aromatic heterocycles. The Morgan fingerprint density at radius 1 is 1.05 bits per heavy atom. The maximum absolute atomic E-state index is 6.05. The van der Waals surface area contributed by atoms with Crippen LogP contribution in [0, 0.1) is 0 Å². The SMILES string of the molecule is CNC(Cc1cccc(Cl)c1)c1cc(OC)cc(OC)c1. The van der Waals surface area contributed by atoms with Gasteiger partial charge >= 0.3 is 0 Å². The van der Waals surface area contributed by atoms with Crippen LogP contribution in [0.2, 0.25) is 5.02 Å². The Bertz CT molecular complexity index is 579.